The van der Waals surface area contributed by atoms with Gasteiger partial charge in [0.1, 0.15) is 0 Å². The van der Waals surface area contributed by atoms with Gasteiger partial charge in [-0.2, -0.15) is 0 Å². The van der Waals surface area contributed by atoms with E-state index >= 15 is 0 Å². The summed E-state index contributed by atoms with van der Waals surface area (Å²) >= 11 is 31.5. The van der Waals surface area contributed by atoms with Crippen molar-refractivity contribution in [3.05, 3.63) is 0 Å². The van der Waals surface area contributed by atoms with Crippen LogP contribution in [0.2, 0.25) is 0 Å². The van der Waals surface area contributed by atoms with Gasteiger partial charge in [0.15, 0.2) is 12.5 Å². The van der Waals surface area contributed by atoms with E-state index in [9.17, 15) is 4.79 Å². The molecule has 5 nitrogen and oxygen atoms in total. The summed E-state index contributed by atoms with van der Waals surface area (Å²) in [4.78, 5) is 11.1. The number of alkyl halides is 6. The van der Waals surface area contributed by atoms with Crippen molar-refractivity contribution in [1.82, 2.24) is 10.6 Å². The fourth-order valence-electron chi connectivity index (χ4n) is 0.454. The number of aliphatic hydroxyl groups is 2. The van der Waals surface area contributed by atoms with E-state index in [1.54, 1.807) is 10.6 Å². The summed E-state index contributed by atoms with van der Waals surface area (Å²) in [7, 11) is 0. The maximum absolute atomic E-state index is 11.1. The lowest BCUT2D eigenvalue weighted by Crippen LogP contribution is -2.53. The summed E-state index contributed by atoms with van der Waals surface area (Å²) in [6, 6.07) is -1.09. The molecule has 16 heavy (non-hydrogen) atoms. The molecule has 2 amide bonds. The summed E-state index contributed by atoms with van der Waals surface area (Å²) in [5.74, 6) is 0. The largest absolute Gasteiger partial charge is 0.369 e. The lowest BCUT2D eigenvalue weighted by molar-refractivity contribution is 0.120. The van der Waals surface area contributed by atoms with Gasteiger partial charge >= 0.3 is 6.03 Å². The number of rotatable bonds is 2. The number of amides is 2. The number of halogens is 6. The maximum atomic E-state index is 11.1. The van der Waals surface area contributed by atoms with E-state index in [1.807, 2.05) is 0 Å². The Morgan fingerprint density at radius 3 is 1.31 bits per heavy atom. The molecule has 0 aromatic rings. The van der Waals surface area contributed by atoms with Crippen molar-refractivity contribution in [1.29, 1.82) is 0 Å². The second-order valence-electron chi connectivity index (χ2n) is 2.51. The van der Waals surface area contributed by atoms with Crippen LogP contribution in [0.5, 0.6) is 0 Å². The Morgan fingerprint density at radius 1 is 0.875 bits per heavy atom. The molecule has 0 fully saturated rings. The van der Waals surface area contributed by atoms with Gasteiger partial charge in [0.2, 0.25) is 7.59 Å². The molecule has 96 valence electrons. The predicted molar refractivity (Wildman–Crippen MR) is 64.3 cm³/mol. The number of hydrogen-bond acceptors (Lipinski definition) is 3. The molecule has 0 aromatic heterocycles. The lowest BCUT2D eigenvalue weighted by atomic mass is 10.6. The van der Waals surface area contributed by atoms with Crippen LogP contribution in [0.25, 0.3) is 0 Å². The molecule has 0 aliphatic rings. The van der Waals surface area contributed by atoms with E-state index in [-0.39, 0.29) is 0 Å². The quantitative estimate of drug-likeness (QED) is 0.449. The molecule has 0 rings (SSSR count). The standard InChI is InChI=1S/C5H6Cl6N2O3/c6-4(7,8)1(14)12-3(16)13-2(15)5(9,10)11/h1-2,14-15H,(H2,12,13,16)/t1-,2+. The number of nitrogens with one attached hydrogen (secondary N) is 2. The zero-order valence-corrected chi connectivity index (χ0v) is 11.8. The Balaban J connectivity index is 4.21. The third-order valence-corrected chi connectivity index (χ3v) is 2.40. The molecule has 0 aromatic carbocycles. The first-order valence-electron chi connectivity index (χ1n) is 3.51. The molecule has 11 heteroatoms. The van der Waals surface area contributed by atoms with Crippen LogP contribution in [-0.4, -0.2) is 36.3 Å². The SMILES string of the molecule is O=C(N[C@@H](O)C(Cl)(Cl)Cl)N[C@H](O)C(Cl)(Cl)Cl. The van der Waals surface area contributed by atoms with Crippen molar-refractivity contribution in [2.45, 2.75) is 20.0 Å². The first-order valence-corrected chi connectivity index (χ1v) is 5.78. The van der Waals surface area contributed by atoms with Crippen molar-refractivity contribution in [3.8, 4) is 0 Å². The van der Waals surface area contributed by atoms with Gasteiger partial charge in [0.25, 0.3) is 0 Å². The monoisotopic (exact) mass is 352 g/mol. The summed E-state index contributed by atoms with van der Waals surface area (Å²) in [5.41, 5.74) is 0. The summed E-state index contributed by atoms with van der Waals surface area (Å²) < 4.78 is -4.25. The van der Waals surface area contributed by atoms with Crippen LogP contribution in [0, 0.1) is 0 Å². The minimum absolute atomic E-state index is 1.09. The smallest absolute Gasteiger partial charge is 0.319 e. The Morgan fingerprint density at radius 2 is 1.12 bits per heavy atom. The van der Waals surface area contributed by atoms with E-state index in [4.69, 9.17) is 79.8 Å². The summed E-state index contributed by atoms with van der Waals surface area (Å²) in [6.45, 7) is 0. The van der Waals surface area contributed by atoms with E-state index in [1.165, 1.54) is 0 Å². The summed E-state index contributed by atoms with van der Waals surface area (Å²) in [6.07, 6.45) is -3.58. The number of urea groups is 1. The average molecular weight is 355 g/mol. The molecule has 0 aliphatic heterocycles. The third-order valence-electron chi connectivity index (χ3n) is 1.16. The van der Waals surface area contributed by atoms with Gasteiger partial charge in [-0.15, -0.1) is 0 Å². The Hall–Kier alpha value is 0.930. The zero-order valence-electron chi connectivity index (χ0n) is 7.23. The number of hydrogen-bond donors (Lipinski definition) is 4. The van der Waals surface area contributed by atoms with Crippen LogP contribution in [0.1, 0.15) is 0 Å². The van der Waals surface area contributed by atoms with Gasteiger partial charge in [0.05, 0.1) is 0 Å². The Bertz CT molecular complexity index is 228. The zero-order chi connectivity index (χ0) is 13.1. The van der Waals surface area contributed by atoms with Gasteiger partial charge < -0.3 is 20.8 Å². The van der Waals surface area contributed by atoms with Crippen LogP contribution in [-0.2, 0) is 0 Å². The highest BCUT2D eigenvalue weighted by Crippen LogP contribution is 2.30. The first kappa shape index (κ1) is 16.9. The van der Waals surface area contributed by atoms with E-state index in [0.29, 0.717) is 0 Å². The molecule has 0 aliphatic carbocycles. The minimum atomic E-state index is -2.12. The topological polar surface area (TPSA) is 81.6 Å². The van der Waals surface area contributed by atoms with Crippen LogP contribution in [0.3, 0.4) is 0 Å². The van der Waals surface area contributed by atoms with Crippen LogP contribution in [0.15, 0.2) is 0 Å². The molecule has 4 N–H and O–H groups in total. The van der Waals surface area contributed by atoms with Crippen LogP contribution < -0.4 is 10.6 Å². The number of aliphatic hydroxyl groups excluding tert-OH is 2. The molecule has 0 heterocycles. The van der Waals surface area contributed by atoms with Gasteiger partial charge in [0, 0.05) is 0 Å². The molecule has 0 unspecified atom stereocenters. The Kier molecular flexibility index (Phi) is 6.56. The molecule has 0 radical (unpaired) electrons. The highest BCUT2D eigenvalue weighted by molar-refractivity contribution is 6.68. The van der Waals surface area contributed by atoms with Crippen molar-refractivity contribution < 1.29 is 15.0 Å². The third kappa shape index (κ3) is 6.61. The normalized spacial score (nSPS) is 16.5. The molecular weight excluding hydrogens is 349 g/mol. The van der Waals surface area contributed by atoms with Crippen LogP contribution >= 0.6 is 69.6 Å². The van der Waals surface area contributed by atoms with Crippen molar-refractivity contribution in [3.63, 3.8) is 0 Å². The summed E-state index contributed by atoms with van der Waals surface area (Å²) in [5, 5.41) is 21.8. The molecule has 0 saturated carbocycles. The first-order chi connectivity index (χ1) is 6.94. The molecule has 2 atom stereocenters. The van der Waals surface area contributed by atoms with E-state index < -0.39 is 26.1 Å². The highest BCUT2D eigenvalue weighted by Gasteiger charge is 2.35. The van der Waals surface area contributed by atoms with Gasteiger partial charge in [-0.1, -0.05) is 69.6 Å². The molecule has 0 saturated heterocycles. The van der Waals surface area contributed by atoms with E-state index in [2.05, 4.69) is 0 Å². The van der Waals surface area contributed by atoms with Gasteiger partial charge in [-0.3, -0.25) is 0 Å². The second kappa shape index (κ2) is 6.20. The number of carbonyl (C=O) groups is 1. The fourth-order valence-corrected chi connectivity index (χ4v) is 0.781. The van der Waals surface area contributed by atoms with Gasteiger partial charge in [-0.25, -0.2) is 4.79 Å². The fraction of sp³-hybridized carbons (Fsp3) is 0.800. The minimum Gasteiger partial charge on any atom is -0.369 e. The molecular formula is C5H6Cl6N2O3. The van der Waals surface area contributed by atoms with Crippen molar-refractivity contribution in [2.24, 2.45) is 0 Å². The van der Waals surface area contributed by atoms with Gasteiger partial charge in [-0.05, 0) is 0 Å². The van der Waals surface area contributed by atoms with Crippen molar-refractivity contribution >= 4 is 75.6 Å². The second-order valence-corrected chi connectivity index (χ2v) is 7.24. The van der Waals surface area contributed by atoms with E-state index in [0.717, 1.165) is 0 Å². The highest BCUT2D eigenvalue weighted by atomic mass is 35.6. The average Bonchev–Trinajstić information content (AvgIpc) is 1.99. The lowest BCUT2D eigenvalue weighted by Gasteiger charge is -2.23. The maximum Gasteiger partial charge on any atom is 0.319 e. The predicted octanol–water partition coefficient (Wildman–Crippen LogP) is 1.66. The van der Waals surface area contributed by atoms with Crippen LogP contribution in [0.4, 0.5) is 4.79 Å². The molecule has 0 spiro atoms. The molecule has 0 bridgehead atoms. The Labute approximate surface area is 121 Å². The van der Waals surface area contributed by atoms with Crippen molar-refractivity contribution in [2.75, 3.05) is 0 Å². The number of carbonyl (C=O) groups excluding carboxylic acids is 1.